The van der Waals surface area contributed by atoms with Crippen LogP contribution in [-0.4, -0.2) is 17.5 Å². The highest BCUT2D eigenvalue weighted by molar-refractivity contribution is 6.00. The number of rotatable bonds is 2. The quantitative estimate of drug-likeness (QED) is 0.724. The molecular weight excluding hydrogens is 180 g/mol. The molecule has 4 nitrogen and oxygen atoms in total. The van der Waals surface area contributed by atoms with Crippen LogP contribution < -0.4 is 5.73 Å². The minimum absolute atomic E-state index is 0.0236. The van der Waals surface area contributed by atoms with E-state index in [0.29, 0.717) is 11.1 Å². The van der Waals surface area contributed by atoms with Crippen molar-refractivity contribution in [3.05, 3.63) is 29.5 Å². The third-order valence-corrected chi connectivity index (χ3v) is 2.16. The minimum Gasteiger partial charge on any atom is -0.356 e. The molecule has 2 aromatic rings. The van der Waals surface area contributed by atoms with Crippen LogP contribution in [0.5, 0.6) is 0 Å². The fourth-order valence-electron chi connectivity index (χ4n) is 1.35. The predicted molar refractivity (Wildman–Crippen MR) is 52.1 cm³/mol. The van der Waals surface area contributed by atoms with Gasteiger partial charge in [0.15, 0.2) is 11.4 Å². The summed E-state index contributed by atoms with van der Waals surface area (Å²) in [5, 5.41) is 4.67. The molecule has 0 spiro atoms. The molecule has 0 saturated carbocycles. The molecule has 4 heteroatoms. The lowest BCUT2D eigenvalue weighted by atomic mass is 10.1. The lowest BCUT2D eigenvalue weighted by Crippen LogP contribution is -2.13. The molecule has 2 N–H and O–H groups in total. The first-order chi connectivity index (χ1) is 6.72. The van der Waals surface area contributed by atoms with E-state index in [2.05, 4.69) is 5.16 Å². The molecule has 0 atom stereocenters. The van der Waals surface area contributed by atoms with Crippen LogP contribution in [0.25, 0.3) is 11.0 Å². The van der Waals surface area contributed by atoms with Gasteiger partial charge in [-0.2, -0.15) is 0 Å². The average molecular weight is 190 g/mol. The van der Waals surface area contributed by atoms with Gasteiger partial charge in [0, 0.05) is 10.9 Å². The van der Waals surface area contributed by atoms with Crippen molar-refractivity contribution in [1.29, 1.82) is 0 Å². The Hall–Kier alpha value is -1.68. The number of benzene rings is 1. The van der Waals surface area contributed by atoms with Gasteiger partial charge in [-0.3, -0.25) is 4.79 Å². The zero-order valence-electron chi connectivity index (χ0n) is 7.78. The van der Waals surface area contributed by atoms with Crippen LogP contribution in [0.3, 0.4) is 0 Å². The number of nitrogens with two attached hydrogens (primary N) is 1. The van der Waals surface area contributed by atoms with Gasteiger partial charge >= 0.3 is 0 Å². The monoisotopic (exact) mass is 190 g/mol. The Kier molecular flexibility index (Phi) is 2.05. The summed E-state index contributed by atoms with van der Waals surface area (Å²) < 4.78 is 5.02. The van der Waals surface area contributed by atoms with Gasteiger partial charge in [-0.05, 0) is 25.1 Å². The van der Waals surface area contributed by atoms with Crippen LogP contribution in [0, 0.1) is 6.92 Å². The summed E-state index contributed by atoms with van der Waals surface area (Å²) >= 11 is 0. The van der Waals surface area contributed by atoms with E-state index in [1.54, 1.807) is 18.2 Å². The fraction of sp³-hybridized carbons (Fsp3) is 0.200. The molecular formula is C10H10N2O2. The first-order valence-corrected chi connectivity index (χ1v) is 4.31. The third-order valence-electron chi connectivity index (χ3n) is 2.16. The molecule has 0 aliphatic rings. The molecule has 0 amide bonds. The maximum atomic E-state index is 11.3. The Morgan fingerprint density at radius 3 is 3.07 bits per heavy atom. The van der Waals surface area contributed by atoms with Crippen molar-refractivity contribution in [3.8, 4) is 0 Å². The number of hydrogen-bond acceptors (Lipinski definition) is 4. The summed E-state index contributed by atoms with van der Waals surface area (Å²) in [6.07, 6.45) is 0. The van der Waals surface area contributed by atoms with E-state index in [9.17, 15) is 4.79 Å². The second-order valence-corrected chi connectivity index (χ2v) is 3.11. The number of aromatic nitrogens is 1. The zero-order valence-corrected chi connectivity index (χ0v) is 7.78. The highest BCUT2D eigenvalue weighted by atomic mass is 16.5. The van der Waals surface area contributed by atoms with E-state index in [0.717, 1.165) is 11.1 Å². The van der Waals surface area contributed by atoms with Crippen LogP contribution in [0.15, 0.2) is 22.7 Å². The van der Waals surface area contributed by atoms with Gasteiger partial charge < -0.3 is 10.3 Å². The van der Waals surface area contributed by atoms with Crippen molar-refractivity contribution in [2.75, 3.05) is 6.54 Å². The number of aryl methyl sites for hydroxylation is 1. The fourth-order valence-corrected chi connectivity index (χ4v) is 1.35. The van der Waals surface area contributed by atoms with E-state index in [-0.39, 0.29) is 12.3 Å². The van der Waals surface area contributed by atoms with E-state index in [4.69, 9.17) is 10.3 Å². The van der Waals surface area contributed by atoms with Gasteiger partial charge in [-0.1, -0.05) is 5.16 Å². The Morgan fingerprint density at radius 2 is 2.36 bits per heavy atom. The van der Waals surface area contributed by atoms with E-state index < -0.39 is 0 Å². The van der Waals surface area contributed by atoms with Gasteiger partial charge in [0.25, 0.3) is 0 Å². The summed E-state index contributed by atoms with van der Waals surface area (Å²) in [6, 6.07) is 5.19. The van der Waals surface area contributed by atoms with Crippen LogP contribution in [0.4, 0.5) is 0 Å². The highest BCUT2D eigenvalue weighted by Gasteiger charge is 2.08. The molecule has 0 aliphatic heterocycles. The van der Waals surface area contributed by atoms with Crippen molar-refractivity contribution in [2.24, 2.45) is 5.73 Å². The minimum atomic E-state index is -0.0764. The van der Waals surface area contributed by atoms with Gasteiger partial charge in [-0.15, -0.1) is 0 Å². The summed E-state index contributed by atoms with van der Waals surface area (Å²) in [5.41, 5.74) is 7.35. The maximum Gasteiger partial charge on any atom is 0.176 e. The summed E-state index contributed by atoms with van der Waals surface area (Å²) in [4.78, 5) is 11.3. The van der Waals surface area contributed by atoms with Crippen molar-refractivity contribution >= 4 is 16.8 Å². The number of hydrogen-bond donors (Lipinski definition) is 1. The average Bonchev–Trinajstić information content (AvgIpc) is 2.59. The van der Waals surface area contributed by atoms with Gasteiger partial charge in [-0.25, -0.2) is 0 Å². The standard InChI is InChI=1S/C10H10N2O2/c1-6-8-4-7(9(13)5-11)2-3-10(8)14-12-6/h2-4H,5,11H2,1H3. The van der Waals surface area contributed by atoms with Crippen molar-refractivity contribution in [2.45, 2.75) is 6.92 Å². The predicted octanol–water partition coefficient (Wildman–Crippen LogP) is 1.28. The highest BCUT2D eigenvalue weighted by Crippen LogP contribution is 2.19. The number of Topliss-reactive ketones (excluding diaryl/α,β-unsaturated/α-hetero) is 1. The molecule has 0 bridgehead atoms. The Morgan fingerprint density at radius 1 is 1.57 bits per heavy atom. The van der Waals surface area contributed by atoms with Crippen LogP contribution in [-0.2, 0) is 0 Å². The number of carbonyl (C=O) groups is 1. The Balaban J connectivity index is 2.60. The number of fused-ring (bicyclic) bond motifs is 1. The molecule has 2 rings (SSSR count). The molecule has 1 aromatic heterocycles. The molecule has 72 valence electrons. The van der Waals surface area contributed by atoms with Crippen molar-refractivity contribution in [3.63, 3.8) is 0 Å². The topological polar surface area (TPSA) is 69.1 Å². The normalized spacial score (nSPS) is 10.7. The van der Waals surface area contributed by atoms with Crippen LogP contribution in [0.1, 0.15) is 16.1 Å². The first kappa shape index (κ1) is 8.90. The Bertz CT molecular complexity index is 488. The van der Waals surface area contributed by atoms with Crippen molar-refractivity contribution < 1.29 is 9.32 Å². The molecule has 0 unspecified atom stereocenters. The maximum absolute atomic E-state index is 11.3. The lowest BCUT2D eigenvalue weighted by Gasteiger charge is -1.96. The van der Waals surface area contributed by atoms with E-state index in [1.807, 2.05) is 6.92 Å². The molecule has 0 fully saturated rings. The summed E-state index contributed by atoms with van der Waals surface area (Å²) in [6.45, 7) is 1.86. The second-order valence-electron chi connectivity index (χ2n) is 3.11. The largest absolute Gasteiger partial charge is 0.356 e. The third kappa shape index (κ3) is 1.29. The van der Waals surface area contributed by atoms with Crippen LogP contribution >= 0.6 is 0 Å². The number of ketones is 1. The van der Waals surface area contributed by atoms with Crippen LogP contribution in [0.2, 0.25) is 0 Å². The molecule has 1 heterocycles. The molecule has 0 radical (unpaired) electrons. The van der Waals surface area contributed by atoms with Gasteiger partial charge in [0.05, 0.1) is 12.2 Å². The lowest BCUT2D eigenvalue weighted by molar-refractivity contribution is 0.100. The summed E-state index contributed by atoms with van der Waals surface area (Å²) in [7, 11) is 0. The molecule has 0 saturated heterocycles. The molecule has 1 aromatic carbocycles. The Labute approximate surface area is 80.7 Å². The van der Waals surface area contributed by atoms with E-state index >= 15 is 0 Å². The van der Waals surface area contributed by atoms with Crippen molar-refractivity contribution in [1.82, 2.24) is 5.16 Å². The first-order valence-electron chi connectivity index (χ1n) is 4.31. The second kappa shape index (κ2) is 3.23. The van der Waals surface area contributed by atoms with Gasteiger partial charge in [0.2, 0.25) is 0 Å². The number of nitrogens with zero attached hydrogens (tertiary/aromatic N) is 1. The number of carbonyl (C=O) groups excluding carboxylic acids is 1. The molecule has 14 heavy (non-hydrogen) atoms. The van der Waals surface area contributed by atoms with Gasteiger partial charge in [0.1, 0.15) is 0 Å². The SMILES string of the molecule is Cc1noc2ccc(C(=O)CN)cc12. The zero-order chi connectivity index (χ0) is 10.1. The molecule has 0 aliphatic carbocycles. The smallest absolute Gasteiger partial charge is 0.176 e. The van der Waals surface area contributed by atoms with E-state index in [1.165, 1.54) is 0 Å². The summed E-state index contributed by atoms with van der Waals surface area (Å²) in [5.74, 6) is -0.0764.